The molecule has 0 aliphatic carbocycles. The van der Waals surface area contributed by atoms with Crippen LogP contribution in [0.2, 0.25) is 0 Å². The first kappa shape index (κ1) is 16.5. The van der Waals surface area contributed by atoms with E-state index in [1.807, 2.05) is 0 Å². The van der Waals surface area contributed by atoms with Crippen molar-refractivity contribution in [3.63, 3.8) is 0 Å². The summed E-state index contributed by atoms with van der Waals surface area (Å²) in [7, 11) is 1.56. The number of amides is 1. The minimum atomic E-state index is -0.270. The SMILES string of the molecule is COc1cccc(OCC(=O)NCCn2nc(C)ccc2=O)c1. The summed E-state index contributed by atoms with van der Waals surface area (Å²) < 4.78 is 11.8. The van der Waals surface area contributed by atoms with E-state index in [0.29, 0.717) is 24.6 Å². The summed E-state index contributed by atoms with van der Waals surface area (Å²) in [6.07, 6.45) is 0. The molecular weight excluding hydrogens is 298 g/mol. The maximum Gasteiger partial charge on any atom is 0.266 e. The summed E-state index contributed by atoms with van der Waals surface area (Å²) >= 11 is 0. The number of ether oxygens (including phenoxy) is 2. The van der Waals surface area contributed by atoms with Crippen LogP contribution in [0.5, 0.6) is 11.5 Å². The maximum atomic E-state index is 11.7. The van der Waals surface area contributed by atoms with E-state index in [1.165, 1.54) is 10.7 Å². The van der Waals surface area contributed by atoms with Crippen LogP contribution in [0.4, 0.5) is 0 Å². The van der Waals surface area contributed by atoms with E-state index in [2.05, 4.69) is 10.4 Å². The van der Waals surface area contributed by atoms with Crippen molar-refractivity contribution < 1.29 is 14.3 Å². The first-order valence-electron chi connectivity index (χ1n) is 7.17. The van der Waals surface area contributed by atoms with Crippen molar-refractivity contribution in [2.45, 2.75) is 13.5 Å². The van der Waals surface area contributed by atoms with Gasteiger partial charge in [-0.15, -0.1) is 0 Å². The lowest BCUT2D eigenvalue weighted by Crippen LogP contribution is -2.34. The van der Waals surface area contributed by atoms with Gasteiger partial charge in [0.05, 0.1) is 19.3 Å². The number of benzene rings is 1. The summed E-state index contributed by atoms with van der Waals surface area (Å²) in [5.41, 5.74) is 0.551. The predicted molar refractivity (Wildman–Crippen MR) is 84.7 cm³/mol. The average Bonchev–Trinajstić information content (AvgIpc) is 2.56. The number of hydrogen-bond donors (Lipinski definition) is 1. The van der Waals surface area contributed by atoms with E-state index in [-0.39, 0.29) is 18.1 Å². The lowest BCUT2D eigenvalue weighted by molar-refractivity contribution is -0.123. The molecule has 122 valence electrons. The summed E-state index contributed by atoms with van der Waals surface area (Å²) in [5, 5.41) is 6.77. The molecule has 2 rings (SSSR count). The van der Waals surface area contributed by atoms with Gasteiger partial charge < -0.3 is 14.8 Å². The molecule has 2 aromatic rings. The second-order valence-electron chi connectivity index (χ2n) is 4.85. The van der Waals surface area contributed by atoms with Crippen LogP contribution in [0.1, 0.15) is 5.69 Å². The number of nitrogens with one attached hydrogen (secondary N) is 1. The Bertz CT molecular complexity index is 727. The second-order valence-corrected chi connectivity index (χ2v) is 4.85. The van der Waals surface area contributed by atoms with E-state index >= 15 is 0 Å². The summed E-state index contributed by atoms with van der Waals surface area (Å²) in [6, 6.07) is 10.1. The van der Waals surface area contributed by atoms with Gasteiger partial charge in [-0.25, -0.2) is 4.68 Å². The number of aryl methyl sites for hydroxylation is 1. The Balaban J connectivity index is 1.77. The topological polar surface area (TPSA) is 82.4 Å². The number of carbonyl (C=O) groups is 1. The highest BCUT2D eigenvalue weighted by atomic mass is 16.5. The molecule has 1 heterocycles. The predicted octanol–water partition coefficient (Wildman–Crippen LogP) is 0.756. The maximum absolute atomic E-state index is 11.7. The molecule has 1 aromatic carbocycles. The third-order valence-electron chi connectivity index (χ3n) is 3.06. The molecule has 0 unspecified atom stereocenters. The normalized spacial score (nSPS) is 10.2. The largest absolute Gasteiger partial charge is 0.497 e. The zero-order valence-corrected chi connectivity index (χ0v) is 13.1. The van der Waals surface area contributed by atoms with Crippen LogP contribution < -0.4 is 20.3 Å². The van der Waals surface area contributed by atoms with E-state index < -0.39 is 0 Å². The average molecular weight is 317 g/mol. The fourth-order valence-electron chi connectivity index (χ4n) is 1.90. The number of methoxy groups -OCH3 is 1. The molecule has 7 heteroatoms. The fraction of sp³-hybridized carbons (Fsp3) is 0.312. The summed E-state index contributed by atoms with van der Waals surface area (Å²) in [5.74, 6) is 0.942. The highest BCUT2D eigenvalue weighted by Gasteiger charge is 2.04. The van der Waals surface area contributed by atoms with Gasteiger partial charge in [0.25, 0.3) is 11.5 Å². The third-order valence-corrected chi connectivity index (χ3v) is 3.06. The lowest BCUT2D eigenvalue weighted by atomic mass is 10.3. The number of aromatic nitrogens is 2. The van der Waals surface area contributed by atoms with Crippen LogP contribution in [0.25, 0.3) is 0 Å². The summed E-state index contributed by atoms with van der Waals surface area (Å²) in [6.45, 7) is 2.31. The first-order chi connectivity index (χ1) is 11.1. The Labute approximate surface area is 133 Å². The monoisotopic (exact) mass is 317 g/mol. The molecule has 23 heavy (non-hydrogen) atoms. The highest BCUT2D eigenvalue weighted by molar-refractivity contribution is 5.77. The highest BCUT2D eigenvalue weighted by Crippen LogP contribution is 2.18. The number of carbonyl (C=O) groups excluding carboxylic acids is 1. The van der Waals surface area contributed by atoms with Gasteiger partial charge in [-0.2, -0.15) is 5.10 Å². The Morgan fingerprint density at radius 3 is 2.83 bits per heavy atom. The zero-order chi connectivity index (χ0) is 16.7. The van der Waals surface area contributed by atoms with Crippen molar-refractivity contribution >= 4 is 5.91 Å². The molecule has 1 amide bonds. The van der Waals surface area contributed by atoms with Gasteiger partial charge in [-0.1, -0.05) is 6.07 Å². The summed E-state index contributed by atoms with van der Waals surface area (Å²) in [4.78, 5) is 23.3. The molecular formula is C16H19N3O4. The smallest absolute Gasteiger partial charge is 0.266 e. The molecule has 0 atom stereocenters. The van der Waals surface area contributed by atoms with Crippen LogP contribution in [-0.4, -0.2) is 35.9 Å². The molecule has 1 aromatic heterocycles. The lowest BCUT2D eigenvalue weighted by Gasteiger charge is -2.09. The number of hydrogen-bond acceptors (Lipinski definition) is 5. The molecule has 0 aliphatic rings. The van der Waals surface area contributed by atoms with Crippen LogP contribution in [0, 0.1) is 6.92 Å². The van der Waals surface area contributed by atoms with Crippen LogP contribution in [0.15, 0.2) is 41.2 Å². The van der Waals surface area contributed by atoms with Gasteiger partial charge in [0.15, 0.2) is 6.61 Å². The van der Waals surface area contributed by atoms with Gasteiger partial charge >= 0.3 is 0 Å². The molecule has 0 aliphatic heterocycles. The number of nitrogens with zero attached hydrogens (tertiary/aromatic N) is 2. The van der Waals surface area contributed by atoms with Crippen molar-refractivity contribution in [2.75, 3.05) is 20.3 Å². The minimum Gasteiger partial charge on any atom is -0.497 e. The Kier molecular flexibility index (Phi) is 5.74. The van der Waals surface area contributed by atoms with Crippen LogP contribution in [0.3, 0.4) is 0 Å². The Hall–Kier alpha value is -2.83. The van der Waals surface area contributed by atoms with Gasteiger partial charge in [-0.3, -0.25) is 9.59 Å². The van der Waals surface area contributed by atoms with Crippen LogP contribution in [-0.2, 0) is 11.3 Å². The Morgan fingerprint density at radius 2 is 2.04 bits per heavy atom. The second kappa shape index (κ2) is 7.98. The quantitative estimate of drug-likeness (QED) is 0.815. The molecule has 0 saturated carbocycles. The molecule has 0 radical (unpaired) electrons. The first-order valence-corrected chi connectivity index (χ1v) is 7.17. The molecule has 1 N–H and O–H groups in total. The van der Waals surface area contributed by atoms with Gasteiger partial charge in [0.2, 0.25) is 0 Å². The zero-order valence-electron chi connectivity index (χ0n) is 13.1. The standard InChI is InChI=1S/C16H19N3O4/c1-12-6-7-16(21)19(18-12)9-8-17-15(20)11-23-14-5-3-4-13(10-14)22-2/h3-7,10H,8-9,11H2,1-2H3,(H,17,20). The Morgan fingerprint density at radius 1 is 1.26 bits per heavy atom. The van der Waals surface area contributed by atoms with E-state index in [0.717, 1.165) is 5.69 Å². The fourth-order valence-corrected chi connectivity index (χ4v) is 1.90. The molecule has 0 bridgehead atoms. The van der Waals surface area contributed by atoms with E-state index in [4.69, 9.17) is 9.47 Å². The van der Waals surface area contributed by atoms with Gasteiger partial charge in [0.1, 0.15) is 11.5 Å². The third kappa shape index (κ3) is 5.14. The molecule has 7 nitrogen and oxygen atoms in total. The number of rotatable bonds is 7. The van der Waals surface area contributed by atoms with Crippen molar-refractivity contribution in [1.82, 2.24) is 15.1 Å². The molecule has 0 spiro atoms. The van der Waals surface area contributed by atoms with Gasteiger partial charge in [-0.05, 0) is 25.1 Å². The van der Waals surface area contributed by atoms with Crippen LogP contribution >= 0.6 is 0 Å². The molecule has 0 saturated heterocycles. The van der Waals surface area contributed by atoms with E-state index in [9.17, 15) is 9.59 Å². The van der Waals surface area contributed by atoms with Gasteiger partial charge in [0, 0.05) is 18.7 Å². The van der Waals surface area contributed by atoms with Crippen molar-refractivity contribution in [3.8, 4) is 11.5 Å². The van der Waals surface area contributed by atoms with Crippen molar-refractivity contribution in [2.24, 2.45) is 0 Å². The van der Waals surface area contributed by atoms with Crippen molar-refractivity contribution in [1.29, 1.82) is 0 Å². The van der Waals surface area contributed by atoms with Crippen molar-refractivity contribution in [3.05, 3.63) is 52.4 Å². The van der Waals surface area contributed by atoms with E-state index in [1.54, 1.807) is 44.4 Å². The minimum absolute atomic E-state index is 0.108. The molecule has 0 fully saturated rings.